The lowest BCUT2D eigenvalue weighted by Crippen LogP contribution is -2.38. The van der Waals surface area contributed by atoms with E-state index in [1.54, 1.807) is 0 Å². The third-order valence-corrected chi connectivity index (χ3v) is 3.75. The van der Waals surface area contributed by atoms with E-state index in [9.17, 15) is 5.11 Å². The molecule has 0 bridgehead atoms. The van der Waals surface area contributed by atoms with Crippen molar-refractivity contribution in [3.05, 3.63) is 0 Å². The molecule has 2 saturated carbocycles. The fourth-order valence-corrected chi connectivity index (χ4v) is 2.77. The second-order valence-electron chi connectivity index (χ2n) is 4.85. The normalized spacial score (nSPS) is 29.2. The zero-order valence-corrected chi connectivity index (χ0v) is 8.05. The molecule has 0 radical (unpaired) electrons. The SMILES string of the molecule is N#CC1(CC2(O)CCCC2)CCC1. The largest absolute Gasteiger partial charge is 0.390 e. The average molecular weight is 179 g/mol. The fourth-order valence-electron chi connectivity index (χ4n) is 2.77. The molecule has 1 N–H and O–H groups in total. The first kappa shape index (κ1) is 9.02. The maximum absolute atomic E-state index is 10.2. The van der Waals surface area contributed by atoms with Gasteiger partial charge in [-0.3, -0.25) is 0 Å². The van der Waals surface area contributed by atoms with Gasteiger partial charge in [0.2, 0.25) is 0 Å². The van der Waals surface area contributed by atoms with E-state index in [0.29, 0.717) is 0 Å². The van der Waals surface area contributed by atoms with Gasteiger partial charge in [-0.1, -0.05) is 19.3 Å². The third kappa shape index (κ3) is 1.58. The molecule has 0 amide bonds. The molecule has 0 aromatic heterocycles. The van der Waals surface area contributed by atoms with Crippen LogP contribution in [0.4, 0.5) is 0 Å². The smallest absolute Gasteiger partial charge is 0.0690 e. The van der Waals surface area contributed by atoms with Gasteiger partial charge < -0.3 is 5.11 Å². The van der Waals surface area contributed by atoms with Crippen LogP contribution < -0.4 is 0 Å². The highest BCUT2D eigenvalue weighted by atomic mass is 16.3. The van der Waals surface area contributed by atoms with Crippen LogP contribution >= 0.6 is 0 Å². The molecule has 0 heterocycles. The summed E-state index contributed by atoms with van der Waals surface area (Å²) in [4.78, 5) is 0. The summed E-state index contributed by atoms with van der Waals surface area (Å²) >= 11 is 0. The van der Waals surface area contributed by atoms with Crippen LogP contribution in [0.5, 0.6) is 0 Å². The summed E-state index contributed by atoms with van der Waals surface area (Å²) < 4.78 is 0. The van der Waals surface area contributed by atoms with Crippen molar-refractivity contribution in [3.8, 4) is 6.07 Å². The first-order valence-electron chi connectivity index (χ1n) is 5.32. The number of hydrogen-bond donors (Lipinski definition) is 1. The van der Waals surface area contributed by atoms with Gasteiger partial charge in [-0.05, 0) is 32.1 Å². The van der Waals surface area contributed by atoms with Gasteiger partial charge in [-0.25, -0.2) is 0 Å². The van der Waals surface area contributed by atoms with E-state index in [-0.39, 0.29) is 5.41 Å². The van der Waals surface area contributed by atoms with Gasteiger partial charge >= 0.3 is 0 Å². The summed E-state index contributed by atoms with van der Waals surface area (Å²) in [6, 6.07) is 2.41. The molecule has 2 aliphatic rings. The summed E-state index contributed by atoms with van der Waals surface area (Å²) in [6.45, 7) is 0. The lowest BCUT2D eigenvalue weighted by atomic mass is 9.64. The van der Waals surface area contributed by atoms with Crippen molar-refractivity contribution in [2.75, 3.05) is 0 Å². The summed E-state index contributed by atoms with van der Waals surface area (Å²) in [5.74, 6) is 0. The molecule has 0 atom stereocenters. The van der Waals surface area contributed by atoms with Crippen molar-refractivity contribution in [1.82, 2.24) is 0 Å². The number of aliphatic hydroxyl groups is 1. The van der Waals surface area contributed by atoms with Crippen molar-refractivity contribution < 1.29 is 5.11 Å². The van der Waals surface area contributed by atoms with E-state index < -0.39 is 5.60 Å². The highest BCUT2D eigenvalue weighted by Crippen LogP contribution is 2.49. The predicted molar refractivity (Wildman–Crippen MR) is 49.9 cm³/mol. The monoisotopic (exact) mass is 179 g/mol. The molecule has 2 rings (SSSR count). The minimum Gasteiger partial charge on any atom is -0.390 e. The van der Waals surface area contributed by atoms with E-state index in [1.807, 2.05) is 0 Å². The quantitative estimate of drug-likeness (QED) is 0.707. The Kier molecular flexibility index (Phi) is 2.08. The maximum Gasteiger partial charge on any atom is 0.0690 e. The molecule has 2 nitrogen and oxygen atoms in total. The third-order valence-electron chi connectivity index (χ3n) is 3.75. The average Bonchev–Trinajstić information content (AvgIpc) is 2.45. The Hall–Kier alpha value is -0.550. The van der Waals surface area contributed by atoms with Gasteiger partial charge in [0.15, 0.2) is 0 Å². The van der Waals surface area contributed by atoms with Gasteiger partial charge in [0.05, 0.1) is 17.1 Å². The lowest BCUT2D eigenvalue weighted by Gasteiger charge is -2.40. The highest BCUT2D eigenvalue weighted by molar-refractivity contribution is 5.08. The van der Waals surface area contributed by atoms with Crippen molar-refractivity contribution in [3.63, 3.8) is 0 Å². The van der Waals surface area contributed by atoms with E-state index in [2.05, 4.69) is 6.07 Å². The molecule has 0 aromatic rings. The standard InChI is InChI=1S/C11H17NO/c12-9-10(4-3-5-10)8-11(13)6-1-2-7-11/h13H,1-8H2. The van der Waals surface area contributed by atoms with Crippen molar-refractivity contribution >= 4 is 0 Å². The zero-order chi connectivity index (χ0) is 9.36. The highest BCUT2D eigenvalue weighted by Gasteiger charge is 2.45. The Morgan fingerprint density at radius 1 is 1.08 bits per heavy atom. The molecule has 0 aliphatic heterocycles. The van der Waals surface area contributed by atoms with Gasteiger partial charge in [0.1, 0.15) is 0 Å². The van der Waals surface area contributed by atoms with E-state index in [0.717, 1.165) is 44.9 Å². The number of nitriles is 1. The molecule has 2 heteroatoms. The zero-order valence-electron chi connectivity index (χ0n) is 8.05. The maximum atomic E-state index is 10.2. The molecule has 2 aliphatic carbocycles. The van der Waals surface area contributed by atoms with E-state index >= 15 is 0 Å². The molecule has 13 heavy (non-hydrogen) atoms. The molecule has 0 aromatic carbocycles. The fraction of sp³-hybridized carbons (Fsp3) is 0.909. The minimum atomic E-state index is -0.490. The number of rotatable bonds is 2. The molecule has 0 unspecified atom stereocenters. The Morgan fingerprint density at radius 3 is 2.08 bits per heavy atom. The summed E-state index contributed by atoms with van der Waals surface area (Å²) in [5, 5.41) is 19.2. The van der Waals surface area contributed by atoms with Crippen molar-refractivity contribution in [2.45, 2.75) is 57.0 Å². The van der Waals surface area contributed by atoms with Crippen LogP contribution in [0.25, 0.3) is 0 Å². The minimum absolute atomic E-state index is 0.154. The van der Waals surface area contributed by atoms with E-state index in [4.69, 9.17) is 5.26 Å². The molecule has 72 valence electrons. The summed E-state index contributed by atoms with van der Waals surface area (Å²) in [6.07, 6.45) is 8.01. The Labute approximate surface area is 79.6 Å². The topological polar surface area (TPSA) is 44.0 Å². The molecule has 0 saturated heterocycles. The van der Waals surface area contributed by atoms with Gasteiger partial charge in [-0.15, -0.1) is 0 Å². The van der Waals surface area contributed by atoms with Gasteiger partial charge in [-0.2, -0.15) is 5.26 Å². The Balaban J connectivity index is 2.00. The number of nitrogens with zero attached hydrogens (tertiary/aromatic N) is 1. The summed E-state index contributed by atoms with van der Waals surface area (Å²) in [7, 11) is 0. The number of hydrogen-bond acceptors (Lipinski definition) is 2. The second kappa shape index (κ2) is 2.99. The van der Waals surface area contributed by atoms with E-state index in [1.165, 1.54) is 6.42 Å². The Bertz CT molecular complexity index is 231. The Morgan fingerprint density at radius 2 is 1.69 bits per heavy atom. The molecule has 2 fully saturated rings. The van der Waals surface area contributed by atoms with Crippen LogP contribution in [0.15, 0.2) is 0 Å². The van der Waals surface area contributed by atoms with Crippen LogP contribution in [0.3, 0.4) is 0 Å². The molecular formula is C11H17NO. The van der Waals surface area contributed by atoms with Crippen LogP contribution in [0.2, 0.25) is 0 Å². The van der Waals surface area contributed by atoms with Crippen LogP contribution in [0.1, 0.15) is 51.4 Å². The van der Waals surface area contributed by atoms with Crippen LogP contribution in [-0.2, 0) is 0 Å². The molecule has 0 spiro atoms. The first-order valence-corrected chi connectivity index (χ1v) is 5.32. The second-order valence-corrected chi connectivity index (χ2v) is 4.85. The first-order chi connectivity index (χ1) is 6.18. The lowest BCUT2D eigenvalue weighted by molar-refractivity contribution is -0.0117. The molecular weight excluding hydrogens is 162 g/mol. The van der Waals surface area contributed by atoms with Crippen molar-refractivity contribution in [2.24, 2.45) is 5.41 Å². The van der Waals surface area contributed by atoms with Gasteiger partial charge in [0, 0.05) is 0 Å². The van der Waals surface area contributed by atoms with Gasteiger partial charge in [0.25, 0.3) is 0 Å². The summed E-state index contributed by atoms with van der Waals surface area (Å²) in [5.41, 5.74) is -0.644. The predicted octanol–water partition coefficient (Wildman–Crippen LogP) is 2.38. The van der Waals surface area contributed by atoms with Crippen molar-refractivity contribution in [1.29, 1.82) is 5.26 Å². The van der Waals surface area contributed by atoms with Crippen LogP contribution in [0, 0.1) is 16.7 Å². The van der Waals surface area contributed by atoms with Crippen LogP contribution in [-0.4, -0.2) is 10.7 Å².